The van der Waals surface area contributed by atoms with Gasteiger partial charge in [-0.05, 0) is 6.07 Å². The second-order valence-corrected chi connectivity index (χ2v) is 2.96. The molecular formula is C9H11N3O5. The van der Waals surface area contributed by atoms with Gasteiger partial charge in [0, 0.05) is 12.6 Å². The van der Waals surface area contributed by atoms with Gasteiger partial charge < -0.3 is 15.2 Å². The van der Waals surface area contributed by atoms with Crippen LogP contribution >= 0.6 is 0 Å². The molecule has 0 aliphatic carbocycles. The van der Waals surface area contributed by atoms with Crippen molar-refractivity contribution in [2.24, 2.45) is 0 Å². The molecule has 0 radical (unpaired) electrons. The molecule has 8 heteroatoms. The number of esters is 1. The van der Waals surface area contributed by atoms with Gasteiger partial charge in [-0.25, -0.2) is 9.78 Å². The number of aromatic nitrogens is 1. The van der Waals surface area contributed by atoms with E-state index in [9.17, 15) is 14.9 Å². The van der Waals surface area contributed by atoms with Gasteiger partial charge in [-0.2, -0.15) is 0 Å². The van der Waals surface area contributed by atoms with Crippen LogP contribution < -0.4 is 5.32 Å². The highest BCUT2D eigenvalue weighted by atomic mass is 16.6. The summed E-state index contributed by atoms with van der Waals surface area (Å²) in [5.74, 6) is -0.765. The maximum absolute atomic E-state index is 11.2. The van der Waals surface area contributed by atoms with E-state index in [1.54, 1.807) is 0 Å². The first kappa shape index (κ1) is 12.8. The number of aliphatic hydroxyl groups excluding tert-OH is 1. The molecule has 8 nitrogen and oxygen atoms in total. The van der Waals surface area contributed by atoms with Crippen LogP contribution in [0, 0.1) is 10.1 Å². The second kappa shape index (κ2) is 5.75. The van der Waals surface area contributed by atoms with Gasteiger partial charge in [-0.3, -0.25) is 10.1 Å². The van der Waals surface area contributed by atoms with E-state index in [-0.39, 0.29) is 30.4 Å². The Labute approximate surface area is 96.4 Å². The largest absolute Gasteiger partial charge is 0.464 e. The van der Waals surface area contributed by atoms with Crippen molar-refractivity contribution >= 4 is 17.5 Å². The predicted octanol–water partition coefficient (Wildman–Crippen LogP) is 0.181. The van der Waals surface area contributed by atoms with Gasteiger partial charge >= 0.3 is 11.7 Å². The molecule has 1 aromatic rings. The van der Waals surface area contributed by atoms with Crippen molar-refractivity contribution in [3.8, 4) is 0 Å². The van der Waals surface area contributed by atoms with E-state index in [4.69, 9.17) is 5.11 Å². The lowest BCUT2D eigenvalue weighted by molar-refractivity contribution is -0.384. The van der Waals surface area contributed by atoms with Crippen molar-refractivity contribution in [3.63, 3.8) is 0 Å². The number of rotatable bonds is 5. The average Bonchev–Trinajstić information content (AvgIpc) is 2.34. The van der Waals surface area contributed by atoms with Crippen LogP contribution in [0.3, 0.4) is 0 Å². The van der Waals surface area contributed by atoms with Gasteiger partial charge in [-0.1, -0.05) is 0 Å². The molecule has 92 valence electrons. The van der Waals surface area contributed by atoms with Crippen molar-refractivity contribution in [1.82, 2.24) is 4.98 Å². The number of aliphatic hydroxyl groups is 1. The molecule has 17 heavy (non-hydrogen) atoms. The van der Waals surface area contributed by atoms with Crippen LogP contribution in [0.25, 0.3) is 0 Å². The average molecular weight is 241 g/mol. The molecule has 0 bridgehead atoms. The summed E-state index contributed by atoms with van der Waals surface area (Å²) in [4.78, 5) is 25.0. The molecule has 1 rings (SSSR count). The second-order valence-electron chi connectivity index (χ2n) is 2.96. The summed E-state index contributed by atoms with van der Waals surface area (Å²) in [6, 6.07) is 2.35. The third-order valence-electron chi connectivity index (χ3n) is 1.87. The zero-order chi connectivity index (χ0) is 12.8. The Balaban J connectivity index is 3.09. The molecule has 1 heterocycles. The van der Waals surface area contributed by atoms with E-state index >= 15 is 0 Å². The quantitative estimate of drug-likeness (QED) is 0.429. The number of carbonyl (C=O) groups excluding carboxylic acids is 1. The fraction of sp³-hybridized carbons (Fsp3) is 0.333. The number of hydrogen-bond donors (Lipinski definition) is 2. The van der Waals surface area contributed by atoms with Crippen molar-refractivity contribution < 1.29 is 19.6 Å². The Bertz CT molecular complexity index is 435. The smallest absolute Gasteiger partial charge is 0.356 e. The summed E-state index contributed by atoms with van der Waals surface area (Å²) in [6.45, 7) is -0.111. The van der Waals surface area contributed by atoms with Crippen molar-refractivity contribution in [1.29, 1.82) is 0 Å². The number of hydrogen-bond acceptors (Lipinski definition) is 7. The fourth-order valence-corrected chi connectivity index (χ4v) is 1.12. The predicted molar refractivity (Wildman–Crippen MR) is 57.8 cm³/mol. The van der Waals surface area contributed by atoms with E-state index in [0.717, 1.165) is 6.07 Å². The summed E-state index contributed by atoms with van der Waals surface area (Å²) in [6.07, 6.45) is 0. The highest BCUT2D eigenvalue weighted by molar-refractivity contribution is 5.88. The highest BCUT2D eigenvalue weighted by Gasteiger charge is 2.18. The molecule has 0 saturated carbocycles. The lowest BCUT2D eigenvalue weighted by Gasteiger charge is -2.05. The zero-order valence-electron chi connectivity index (χ0n) is 9.04. The summed E-state index contributed by atoms with van der Waals surface area (Å²) in [5, 5.41) is 21.9. The summed E-state index contributed by atoms with van der Waals surface area (Å²) < 4.78 is 4.45. The van der Waals surface area contributed by atoms with Crippen molar-refractivity contribution in [2.45, 2.75) is 0 Å². The summed E-state index contributed by atoms with van der Waals surface area (Å²) >= 11 is 0. The molecule has 0 aromatic carbocycles. The summed E-state index contributed by atoms with van der Waals surface area (Å²) in [7, 11) is 1.19. The number of methoxy groups -OCH3 is 1. The van der Waals surface area contributed by atoms with E-state index in [2.05, 4.69) is 15.0 Å². The first-order valence-electron chi connectivity index (χ1n) is 4.68. The number of ether oxygens (including phenoxy) is 1. The fourth-order valence-electron chi connectivity index (χ4n) is 1.12. The minimum atomic E-state index is -0.688. The van der Waals surface area contributed by atoms with Crippen LogP contribution in [0.5, 0.6) is 0 Å². The van der Waals surface area contributed by atoms with E-state index in [1.165, 1.54) is 13.2 Å². The first-order chi connectivity index (χ1) is 8.10. The van der Waals surface area contributed by atoms with Crippen molar-refractivity contribution in [3.05, 3.63) is 27.9 Å². The van der Waals surface area contributed by atoms with Gasteiger partial charge in [0.2, 0.25) is 5.82 Å². The Kier molecular flexibility index (Phi) is 4.35. The third-order valence-corrected chi connectivity index (χ3v) is 1.87. The molecule has 2 N–H and O–H groups in total. The SMILES string of the molecule is COC(=O)c1ccc([N+](=O)[O-])c(NCCO)n1. The van der Waals surface area contributed by atoms with Crippen LogP contribution in [-0.2, 0) is 4.74 Å². The number of nitro groups is 1. The van der Waals surface area contributed by atoms with Gasteiger partial charge in [0.1, 0.15) is 0 Å². The van der Waals surface area contributed by atoms with Crippen LogP contribution in [0.2, 0.25) is 0 Å². The van der Waals surface area contributed by atoms with Gasteiger partial charge in [0.15, 0.2) is 5.69 Å². The van der Waals surface area contributed by atoms with Crippen LogP contribution in [0.4, 0.5) is 11.5 Å². The van der Waals surface area contributed by atoms with E-state index in [0.29, 0.717) is 0 Å². The lowest BCUT2D eigenvalue weighted by atomic mass is 10.3. The molecule has 0 spiro atoms. The number of carbonyl (C=O) groups is 1. The molecule has 0 amide bonds. The molecule has 0 saturated heterocycles. The Morgan fingerprint density at radius 2 is 2.35 bits per heavy atom. The van der Waals surface area contributed by atoms with E-state index < -0.39 is 10.9 Å². The molecule has 0 aliphatic heterocycles. The Morgan fingerprint density at radius 3 is 2.88 bits per heavy atom. The van der Waals surface area contributed by atoms with Crippen molar-refractivity contribution in [2.75, 3.05) is 25.6 Å². The van der Waals surface area contributed by atoms with E-state index in [1.807, 2.05) is 0 Å². The normalized spacial score (nSPS) is 9.76. The lowest BCUT2D eigenvalue weighted by Crippen LogP contribution is -2.12. The molecule has 1 aromatic heterocycles. The third kappa shape index (κ3) is 3.11. The molecular weight excluding hydrogens is 230 g/mol. The van der Waals surface area contributed by atoms with Gasteiger partial charge in [0.25, 0.3) is 0 Å². The Morgan fingerprint density at radius 1 is 1.65 bits per heavy atom. The molecule has 0 aliphatic rings. The van der Waals surface area contributed by atoms with Crippen LogP contribution in [0.1, 0.15) is 10.5 Å². The topological polar surface area (TPSA) is 115 Å². The maximum Gasteiger partial charge on any atom is 0.356 e. The maximum atomic E-state index is 11.2. The summed E-state index contributed by atoms with van der Waals surface area (Å²) in [5.41, 5.74) is -0.315. The van der Waals surface area contributed by atoms with Crippen LogP contribution in [-0.4, -0.2) is 41.2 Å². The number of anilines is 1. The zero-order valence-corrected chi connectivity index (χ0v) is 9.04. The Hall–Kier alpha value is -2.22. The van der Waals surface area contributed by atoms with Gasteiger partial charge in [-0.15, -0.1) is 0 Å². The van der Waals surface area contributed by atoms with Crippen LogP contribution in [0.15, 0.2) is 12.1 Å². The minimum absolute atomic E-state index is 0.0430. The standard InChI is InChI=1S/C9H11N3O5/c1-17-9(14)6-2-3-7(12(15)16)8(11-6)10-4-5-13/h2-3,13H,4-5H2,1H3,(H,10,11). The number of pyridine rings is 1. The monoisotopic (exact) mass is 241 g/mol. The molecule has 0 unspecified atom stereocenters. The molecule has 0 atom stereocenters. The minimum Gasteiger partial charge on any atom is -0.464 e. The molecule has 0 fully saturated rings. The number of nitrogens with zero attached hydrogens (tertiary/aromatic N) is 2. The van der Waals surface area contributed by atoms with Gasteiger partial charge in [0.05, 0.1) is 18.6 Å². The highest BCUT2D eigenvalue weighted by Crippen LogP contribution is 2.21. The first-order valence-corrected chi connectivity index (χ1v) is 4.68. The number of nitrogens with one attached hydrogen (secondary N) is 1.